The molecule has 2 saturated carbocycles. The maximum Gasteiger partial charge on any atom is 0.133 e. The average molecular weight is 178 g/mol. The van der Waals surface area contributed by atoms with Gasteiger partial charge in [-0.15, -0.1) is 0 Å². The van der Waals surface area contributed by atoms with Crippen LogP contribution in [0.3, 0.4) is 0 Å². The normalized spacial score (nSPS) is 40.2. The van der Waals surface area contributed by atoms with E-state index < -0.39 is 0 Å². The van der Waals surface area contributed by atoms with Crippen molar-refractivity contribution in [1.82, 2.24) is 0 Å². The molecule has 13 heavy (non-hydrogen) atoms. The van der Waals surface area contributed by atoms with Crippen molar-refractivity contribution in [3.05, 3.63) is 12.2 Å². The van der Waals surface area contributed by atoms with Crippen LogP contribution < -0.4 is 0 Å². The summed E-state index contributed by atoms with van der Waals surface area (Å²) in [6, 6.07) is 0. The molecule has 2 atom stereocenters. The van der Waals surface area contributed by atoms with Crippen molar-refractivity contribution in [2.75, 3.05) is 0 Å². The second-order valence-electron chi connectivity index (χ2n) is 4.86. The lowest BCUT2D eigenvalue weighted by molar-refractivity contribution is -0.124. The Kier molecular flexibility index (Phi) is 2.05. The van der Waals surface area contributed by atoms with Crippen molar-refractivity contribution in [2.45, 2.75) is 45.4 Å². The van der Waals surface area contributed by atoms with Crippen LogP contribution in [0.25, 0.3) is 0 Å². The summed E-state index contributed by atoms with van der Waals surface area (Å²) in [5, 5.41) is 0. The highest BCUT2D eigenvalue weighted by atomic mass is 16.1. The number of fused-ring (bicyclic) bond motifs is 1. The molecule has 0 heterocycles. The number of allylic oxidation sites excluding steroid dienone is 1. The summed E-state index contributed by atoms with van der Waals surface area (Å²) in [6.07, 6.45) is 6.41. The van der Waals surface area contributed by atoms with E-state index in [9.17, 15) is 4.79 Å². The van der Waals surface area contributed by atoms with E-state index in [2.05, 4.69) is 13.5 Å². The smallest absolute Gasteiger partial charge is 0.133 e. The van der Waals surface area contributed by atoms with Crippen molar-refractivity contribution < 1.29 is 4.79 Å². The zero-order valence-corrected chi connectivity index (χ0v) is 8.44. The summed E-state index contributed by atoms with van der Waals surface area (Å²) in [5.41, 5.74) is 1.49. The summed E-state index contributed by atoms with van der Waals surface area (Å²) < 4.78 is 0. The zero-order chi connectivity index (χ0) is 9.47. The van der Waals surface area contributed by atoms with Crippen molar-refractivity contribution >= 4 is 5.78 Å². The van der Waals surface area contributed by atoms with Gasteiger partial charge in [-0.1, -0.05) is 19.1 Å². The largest absolute Gasteiger partial charge is 0.300 e. The minimum absolute atomic E-state index is 0.160. The maximum atomic E-state index is 11.4. The van der Waals surface area contributed by atoms with Gasteiger partial charge in [-0.05, 0) is 37.0 Å². The molecule has 2 rings (SSSR count). The van der Waals surface area contributed by atoms with Gasteiger partial charge in [0.15, 0.2) is 0 Å². The van der Waals surface area contributed by atoms with E-state index in [1.54, 1.807) is 0 Å². The fraction of sp³-hybridized carbons (Fsp3) is 0.750. The summed E-state index contributed by atoms with van der Waals surface area (Å²) in [7, 11) is 0. The number of carbonyl (C=O) groups excluding carboxylic acids is 1. The van der Waals surface area contributed by atoms with Gasteiger partial charge in [0.1, 0.15) is 5.78 Å². The van der Waals surface area contributed by atoms with Gasteiger partial charge in [0, 0.05) is 12.8 Å². The van der Waals surface area contributed by atoms with Crippen LogP contribution in [0.1, 0.15) is 45.4 Å². The summed E-state index contributed by atoms with van der Waals surface area (Å²) in [5.74, 6) is 1.19. The van der Waals surface area contributed by atoms with Gasteiger partial charge in [-0.25, -0.2) is 0 Å². The third-order valence-corrected chi connectivity index (χ3v) is 4.08. The van der Waals surface area contributed by atoms with Gasteiger partial charge in [0.05, 0.1) is 0 Å². The topological polar surface area (TPSA) is 17.1 Å². The first kappa shape index (κ1) is 8.98. The van der Waals surface area contributed by atoms with Crippen LogP contribution >= 0.6 is 0 Å². The lowest BCUT2D eigenvalue weighted by Gasteiger charge is -2.46. The predicted molar refractivity (Wildman–Crippen MR) is 53.4 cm³/mol. The molecule has 0 N–H and O–H groups in total. The summed E-state index contributed by atoms with van der Waals surface area (Å²) in [4.78, 5) is 11.4. The second-order valence-corrected chi connectivity index (χ2v) is 4.86. The van der Waals surface area contributed by atoms with Crippen LogP contribution in [0.5, 0.6) is 0 Å². The van der Waals surface area contributed by atoms with E-state index >= 15 is 0 Å². The predicted octanol–water partition coefficient (Wildman–Crippen LogP) is 3.10. The Hall–Kier alpha value is -0.590. The highest BCUT2D eigenvalue weighted by Gasteiger charge is 2.43. The van der Waals surface area contributed by atoms with Crippen LogP contribution in [0, 0.1) is 11.3 Å². The molecule has 2 fully saturated rings. The number of rotatable bonds is 0. The average Bonchev–Trinajstić information content (AvgIpc) is 2.07. The quantitative estimate of drug-likeness (QED) is 0.521. The van der Waals surface area contributed by atoms with Crippen molar-refractivity contribution in [1.29, 1.82) is 0 Å². The highest BCUT2D eigenvalue weighted by molar-refractivity contribution is 5.80. The van der Waals surface area contributed by atoms with Crippen LogP contribution in [0.2, 0.25) is 0 Å². The number of hydrogen-bond donors (Lipinski definition) is 0. The Labute approximate surface area is 80.2 Å². The first-order valence-electron chi connectivity index (χ1n) is 5.33. The standard InChI is InChI=1S/C12H18O/c1-9-4-3-5-10-6-7-11(13)8-12(9,10)2/h10H,1,3-8H2,2H3/t10-,12-/m1/s1. The molecule has 0 aromatic carbocycles. The summed E-state index contributed by atoms with van der Waals surface area (Å²) in [6.45, 7) is 6.40. The van der Waals surface area contributed by atoms with E-state index in [0.717, 1.165) is 31.6 Å². The van der Waals surface area contributed by atoms with E-state index in [1.807, 2.05) is 0 Å². The Morgan fingerprint density at radius 3 is 2.92 bits per heavy atom. The lowest BCUT2D eigenvalue weighted by atomic mass is 9.58. The van der Waals surface area contributed by atoms with Crippen LogP contribution in [0.4, 0.5) is 0 Å². The SMILES string of the molecule is C=C1CCC[C@@H]2CCC(=O)C[C@]12C. The molecule has 72 valence electrons. The Morgan fingerprint density at radius 2 is 2.15 bits per heavy atom. The molecule has 1 nitrogen and oxygen atoms in total. The molecule has 0 unspecified atom stereocenters. The zero-order valence-electron chi connectivity index (χ0n) is 8.44. The summed E-state index contributed by atoms with van der Waals surface area (Å²) >= 11 is 0. The third-order valence-electron chi connectivity index (χ3n) is 4.08. The van der Waals surface area contributed by atoms with E-state index in [0.29, 0.717) is 5.78 Å². The first-order chi connectivity index (χ1) is 6.13. The number of ketones is 1. The van der Waals surface area contributed by atoms with Gasteiger partial charge < -0.3 is 0 Å². The first-order valence-corrected chi connectivity index (χ1v) is 5.33. The van der Waals surface area contributed by atoms with E-state index in [4.69, 9.17) is 0 Å². The van der Waals surface area contributed by atoms with Gasteiger partial charge in [-0.3, -0.25) is 4.79 Å². The van der Waals surface area contributed by atoms with E-state index in [1.165, 1.54) is 18.4 Å². The van der Waals surface area contributed by atoms with Crippen LogP contribution in [0.15, 0.2) is 12.2 Å². The lowest BCUT2D eigenvalue weighted by Crippen LogP contribution is -2.38. The molecule has 0 aromatic heterocycles. The highest BCUT2D eigenvalue weighted by Crippen LogP contribution is 2.51. The molecule has 2 aliphatic carbocycles. The number of carbonyl (C=O) groups is 1. The molecule has 0 spiro atoms. The molecule has 0 aromatic rings. The minimum atomic E-state index is 0.160. The van der Waals surface area contributed by atoms with Gasteiger partial charge in [0.25, 0.3) is 0 Å². The van der Waals surface area contributed by atoms with Crippen molar-refractivity contribution in [3.8, 4) is 0 Å². The molecule has 1 heteroatoms. The number of hydrogen-bond acceptors (Lipinski definition) is 1. The Balaban J connectivity index is 2.25. The fourth-order valence-electron chi connectivity index (χ4n) is 3.02. The van der Waals surface area contributed by atoms with E-state index in [-0.39, 0.29) is 5.41 Å². The molecule has 2 aliphatic rings. The molecule has 0 aliphatic heterocycles. The van der Waals surface area contributed by atoms with Crippen LogP contribution in [-0.4, -0.2) is 5.78 Å². The molecular weight excluding hydrogens is 160 g/mol. The second kappa shape index (κ2) is 2.97. The Morgan fingerprint density at radius 1 is 1.38 bits per heavy atom. The third kappa shape index (κ3) is 1.34. The Bertz CT molecular complexity index is 254. The van der Waals surface area contributed by atoms with Crippen molar-refractivity contribution in [2.24, 2.45) is 11.3 Å². The van der Waals surface area contributed by atoms with Crippen LogP contribution in [-0.2, 0) is 4.79 Å². The maximum absolute atomic E-state index is 11.4. The molecule has 0 bridgehead atoms. The van der Waals surface area contributed by atoms with Crippen molar-refractivity contribution in [3.63, 3.8) is 0 Å². The molecular formula is C12H18O. The molecule has 0 radical (unpaired) electrons. The minimum Gasteiger partial charge on any atom is -0.300 e. The number of Topliss-reactive ketones (excluding diaryl/α,β-unsaturated/α-hetero) is 1. The molecule has 0 amide bonds. The monoisotopic (exact) mass is 178 g/mol. The van der Waals surface area contributed by atoms with Gasteiger partial charge in [0.2, 0.25) is 0 Å². The fourth-order valence-corrected chi connectivity index (χ4v) is 3.02. The molecule has 0 saturated heterocycles. The van der Waals surface area contributed by atoms with Gasteiger partial charge in [-0.2, -0.15) is 0 Å². The van der Waals surface area contributed by atoms with Gasteiger partial charge >= 0.3 is 0 Å².